The Morgan fingerprint density at radius 3 is 2.58 bits per heavy atom. The number of benzene rings is 1. The van der Waals surface area contributed by atoms with Crippen LogP contribution in [0.4, 0.5) is 0 Å². The zero-order valence-corrected chi connectivity index (χ0v) is 11.6. The number of nitrogens with zero attached hydrogens (tertiary/aromatic N) is 2. The van der Waals surface area contributed by atoms with Crippen LogP contribution in [0.3, 0.4) is 0 Å². The maximum atomic E-state index is 11.1. The lowest BCUT2D eigenvalue weighted by Gasteiger charge is -2.08. The van der Waals surface area contributed by atoms with Gasteiger partial charge in [-0.3, -0.25) is 4.79 Å². The SMILES string of the molecule is Cc1cc(-c2ccccc2)nc(S[C@@H](C)C(N)=O)n1. The number of rotatable bonds is 4. The number of hydrogen-bond acceptors (Lipinski definition) is 4. The number of nitrogens with two attached hydrogens (primary N) is 1. The van der Waals surface area contributed by atoms with Crippen molar-refractivity contribution in [1.82, 2.24) is 9.97 Å². The largest absolute Gasteiger partial charge is 0.369 e. The number of thioether (sulfide) groups is 1. The average Bonchev–Trinajstić information content (AvgIpc) is 2.39. The third kappa shape index (κ3) is 3.54. The minimum absolute atomic E-state index is 0.342. The number of carbonyl (C=O) groups is 1. The molecule has 1 aromatic carbocycles. The molecule has 1 heterocycles. The van der Waals surface area contributed by atoms with Gasteiger partial charge in [0.2, 0.25) is 5.91 Å². The number of amides is 1. The highest BCUT2D eigenvalue weighted by Crippen LogP contribution is 2.24. The van der Waals surface area contributed by atoms with Gasteiger partial charge in [-0.05, 0) is 19.9 Å². The summed E-state index contributed by atoms with van der Waals surface area (Å²) in [5.74, 6) is -0.364. The van der Waals surface area contributed by atoms with Gasteiger partial charge in [-0.2, -0.15) is 0 Å². The van der Waals surface area contributed by atoms with Crippen LogP contribution in [0.25, 0.3) is 11.3 Å². The molecule has 0 fully saturated rings. The molecule has 5 heteroatoms. The van der Waals surface area contributed by atoms with Gasteiger partial charge in [0.15, 0.2) is 5.16 Å². The maximum absolute atomic E-state index is 11.1. The highest BCUT2D eigenvalue weighted by atomic mass is 32.2. The lowest BCUT2D eigenvalue weighted by Crippen LogP contribution is -2.22. The van der Waals surface area contributed by atoms with Gasteiger partial charge in [0.1, 0.15) is 0 Å². The topological polar surface area (TPSA) is 68.9 Å². The van der Waals surface area contributed by atoms with Crippen molar-refractivity contribution in [1.29, 1.82) is 0 Å². The van der Waals surface area contributed by atoms with Crippen molar-refractivity contribution in [3.8, 4) is 11.3 Å². The summed E-state index contributed by atoms with van der Waals surface area (Å²) < 4.78 is 0. The molecule has 0 bridgehead atoms. The van der Waals surface area contributed by atoms with Crippen molar-refractivity contribution in [2.75, 3.05) is 0 Å². The van der Waals surface area contributed by atoms with Gasteiger partial charge in [-0.25, -0.2) is 9.97 Å². The molecule has 0 aliphatic rings. The Morgan fingerprint density at radius 2 is 1.95 bits per heavy atom. The van der Waals surface area contributed by atoms with Gasteiger partial charge in [-0.15, -0.1) is 0 Å². The summed E-state index contributed by atoms with van der Waals surface area (Å²) in [7, 11) is 0. The van der Waals surface area contributed by atoms with E-state index in [1.54, 1.807) is 6.92 Å². The van der Waals surface area contributed by atoms with Gasteiger partial charge in [0, 0.05) is 11.3 Å². The molecule has 0 saturated heterocycles. The summed E-state index contributed by atoms with van der Waals surface area (Å²) in [6, 6.07) is 11.8. The predicted octanol–water partition coefficient (Wildman–Crippen LogP) is 2.42. The van der Waals surface area contributed by atoms with E-state index < -0.39 is 0 Å². The number of aryl methyl sites for hydroxylation is 1. The fourth-order valence-corrected chi connectivity index (χ4v) is 2.35. The van der Waals surface area contributed by atoms with E-state index in [2.05, 4.69) is 9.97 Å². The first-order valence-corrected chi connectivity index (χ1v) is 6.81. The minimum atomic E-state index is -0.364. The highest BCUT2D eigenvalue weighted by Gasteiger charge is 2.13. The molecule has 98 valence electrons. The first-order chi connectivity index (χ1) is 9.06. The normalized spacial score (nSPS) is 12.1. The van der Waals surface area contributed by atoms with Gasteiger partial charge < -0.3 is 5.73 Å². The van der Waals surface area contributed by atoms with Crippen LogP contribution in [0.1, 0.15) is 12.6 Å². The maximum Gasteiger partial charge on any atom is 0.230 e. The van der Waals surface area contributed by atoms with E-state index in [1.165, 1.54) is 11.8 Å². The second-order valence-corrected chi connectivity index (χ2v) is 5.51. The van der Waals surface area contributed by atoms with Gasteiger partial charge >= 0.3 is 0 Å². The molecule has 1 amide bonds. The van der Waals surface area contributed by atoms with E-state index in [0.717, 1.165) is 17.0 Å². The molecular weight excluding hydrogens is 258 g/mol. The van der Waals surface area contributed by atoms with E-state index in [9.17, 15) is 4.79 Å². The number of aromatic nitrogens is 2. The van der Waals surface area contributed by atoms with E-state index >= 15 is 0 Å². The van der Waals surface area contributed by atoms with Crippen LogP contribution in [0.2, 0.25) is 0 Å². The number of hydrogen-bond donors (Lipinski definition) is 1. The molecule has 0 spiro atoms. The number of primary amides is 1. The van der Waals surface area contributed by atoms with Crippen LogP contribution < -0.4 is 5.73 Å². The molecule has 1 aromatic heterocycles. The molecular formula is C14H15N3OS. The lowest BCUT2D eigenvalue weighted by molar-refractivity contribution is -0.117. The second kappa shape index (κ2) is 5.84. The lowest BCUT2D eigenvalue weighted by atomic mass is 10.1. The fourth-order valence-electron chi connectivity index (χ4n) is 1.57. The smallest absolute Gasteiger partial charge is 0.230 e. The molecule has 2 rings (SSSR count). The van der Waals surface area contributed by atoms with Crippen molar-refractivity contribution in [3.05, 3.63) is 42.1 Å². The van der Waals surface area contributed by atoms with Gasteiger partial charge in [0.05, 0.1) is 10.9 Å². The van der Waals surface area contributed by atoms with Crippen LogP contribution in [0.15, 0.2) is 41.6 Å². The van der Waals surface area contributed by atoms with Crippen molar-refractivity contribution < 1.29 is 4.79 Å². The summed E-state index contributed by atoms with van der Waals surface area (Å²) in [4.78, 5) is 19.9. The van der Waals surface area contributed by atoms with E-state index in [0.29, 0.717) is 5.16 Å². The van der Waals surface area contributed by atoms with Crippen LogP contribution in [-0.4, -0.2) is 21.1 Å². The standard InChI is InChI=1S/C14H15N3OS/c1-9-8-12(11-6-4-3-5-7-11)17-14(16-9)19-10(2)13(15)18/h3-8,10H,1-2H3,(H2,15,18)/t10-/m0/s1. The molecule has 0 radical (unpaired) electrons. The molecule has 2 aromatic rings. The summed E-state index contributed by atoms with van der Waals surface area (Å²) in [6.07, 6.45) is 0. The summed E-state index contributed by atoms with van der Waals surface area (Å²) >= 11 is 1.28. The van der Waals surface area contributed by atoms with E-state index in [-0.39, 0.29) is 11.2 Å². The summed E-state index contributed by atoms with van der Waals surface area (Å²) in [5.41, 5.74) is 8.01. The van der Waals surface area contributed by atoms with Crippen molar-refractivity contribution >= 4 is 17.7 Å². The molecule has 0 unspecified atom stereocenters. The monoisotopic (exact) mass is 273 g/mol. The Balaban J connectivity index is 2.32. The molecule has 19 heavy (non-hydrogen) atoms. The Morgan fingerprint density at radius 1 is 1.26 bits per heavy atom. The van der Waals surface area contributed by atoms with Gasteiger partial charge in [0.25, 0.3) is 0 Å². The van der Waals surface area contributed by atoms with Crippen molar-refractivity contribution in [3.63, 3.8) is 0 Å². The van der Waals surface area contributed by atoms with Crippen molar-refractivity contribution in [2.24, 2.45) is 5.73 Å². The third-order valence-corrected chi connectivity index (χ3v) is 3.57. The van der Waals surface area contributed by atoms with Crippen LogP contribution >= 0.6 is 11.8 Å². The van der Waals surface area contributed by atoms with Crippen LogP contribution in [0.5, 0.6) is 0 Å². The molecule has 0 saturated carbocycles. The number of carbonyl (C=O) groups excluding carboxylic acids is 1. The molecule has 2 N–H and O–H groups in total. The first kappa shape index (κ1) is 13.5. The zero-order valence-electron chi connectivity index (χ0n) is 10.8. The summed E-state index contributed by atoms with van der Waals surface area (Å²) in [5, 5.41) is 0.232. The molecule has 1 atom stereocenters. The highest BCUT2D eigenvalue weighted by molar-refractivity contribution is 8.00. The first-order valence-electron chi connectivity index (χ1n) is 5.93. The Bertz CT molecular complexity index is 586. The average molecular weight is 273 g/mol. The fraction of sp³-hybridized carbons (Fsp3) is 0.214. The summed E-state index contributed by atoms with van der Waals surface area (Å²) in [6.45, 7) is 3.66. The van der Waals surface area contributed by atoms with Gasteiger partial charge in [-0.1, -0.05) is 42.1 Å². The Kier molecular flexibility index (Phi) is 4.16. The molecule has 4 nitrogen and oxygen atoms in total. The third-order valence-electron chi connectivity index (χ3n) is 2.59. The predicted molar refractivity (Wildman–Crippen MR) is 76.7 cm³/mol. The molecule has 0 aliphatic heterocycles. The van der Waals surface area contributed by atoms with Crippen LogP contribution in [0, 0.1) is 6.92 Å². The quantitative estimate of drug-likeness (QED) is 0.686. The Hall–Kier alpha value is -1.88. The van der Waals surface area contributed by atoms with E-state index in [4.69, 9.17) is 5.73 Å². The van der Waals surface area contributed by atoms with Crippen LogP contribution in [-0.2, 0) is 4.79 Å². The van der Waals surface area contributed by atoms with Crippen molar-refractivity contribution in [2.45, 2.75) is 24.3 Å². The Labute approximate surface area is 116 Å². The van der Waals surface area contributed by atoms with E-state index in [1.807, 2.05) is 43.3 Å². The molecule has 0 aliphatic carbocycles. The zero-order chi connectivity index (χ0) is 13.8. The second-order valence-electron chi connectivity index (χ2n) is 4.21. The minimum Gasteiger partial charge on any atom is -0.369 e.